The Hall–Kier alpha value is -5.06. The second kappa shape index (κ2) is 18.7. The third kappa shape index (κ3) is 11.1. The Kier molecular flexibility index (Phi) is 15.1. The molecular weight excluding hydrogens is 627 g/mol. The van der Waals surface area contributed by atoms with E-state index in [1.165, 1.54) is 19.9 Å². The molecule has 0 bridgehead atoms. The first kappa shape index (κ1) is 37.1. The van der Waals surface area contributed by atoms with Gasteiger partial charge in [-0.2, -0.15) is 20.5 Å². The molecule has 2 aromatic rings. The van der Waals surface area contributed by atoms with Gasteiger partial charge in [-0.1, -0.05) is 78.9 Å². The SMILES string of the molecule is C=C/C=C\C(=C/C)NC(=O)C(N=Nc1ccc(-c2ccc(N=NC(C(C)=O)C(=O)NC(/C=C\C)=C/C=C)c(Cl)c2)cc1Cl)C(C)=O. The molecular formula is C34H34Cl2N6O4. The van der Waals surface area contributed by atoms with Crippen molar-refractivity contribution in [1.29, 1.82) is 0 Å². The van der Waals surface area contributed by atoms with Gasteiger partial charge in [0.1, 0.15) is 11.4 Å². The summed E-state index contributed by atoms with van der Waals surface area (Å²) in [6.07, 6.45) is 12.9. The summed E-state index contributed by atoms with van der Waals surface area (Å²) in [5, 5.41) is 21.7. The van der Waals surface area contributed by atoms with Crippen molar-refractivity contribution in [2.45, 2.75) is 39.8 Å². The van der Waals surface area contributed by atoms with E-state index in [4.69, 9.17) is 23.2 Å². The van der Waals surface area contributed by atoms with Crippen molar-refractivity contribution in [3.05, 3.63) is 120 Å². The van der Waals surface area contributed by atoms with Crippen molar-refractivity contribution in [3.8, 4) is 11.1 Å². The fourth-order valence-corrected chi connectivity index (χ4v) is 4.10. The lowest BCUT2D eigenvalue weighted by molar-refractivity contribution is -0.130. The fourth-order valence-electron chi connectivity index (χ4n) is 3.66. The molecule has 0 aliphatic rings. The molecule has 2 amide bonds. The Morgan fingerprint density at radius 3 is 1.59 bits per heavy atom. The van der Waals surface area contributed by atoms with Gasteiger partial charge in [-0.3, -0.25) is 19.2 Å². The van der Waals surface area contributed by atoms with Crippen LogP contribution in [0.15, 0.2) is 130 Å². The monoisotopic (exact) mass is 660 g/mol. The first-order chi connectivity index (χ1) is 21.9. The highest BCUT2D eigenvalue weighted by molar-refractivity contribution is 6.34. The van der Waals surface area contributed by atoms with E-state index in [9.17, 15) is 19.2 Å². The number of amides is 2. The highest BCUT2D eigenvalue weighted by Gasteiger charge is 2.24. The normalized spacial score (nSPS) is 13.7. The van der Waals surface area contributed by atoms with E-state index in [2.05, 4.69) is 44.2 Å². The minimum Gasteiger partial charge on any atom is -0.324 e. The predicted octanol–water partition coefficient (Wildman–Crippen LogP) is 8.27. The van der Waals surface area contributed by atoms with Gasteiger partial charge in [0.05, 0.1) is 10.0 Å². The maximum atomic E-state index is 12.7. The molecule has 0 spiro atoms. The molecule has 2 atom stereocenters. The molecule has 2 N–H and O–H groups in total. The quantitative estimate of drug-likeness (QED) is 0.113. The molecule has 46 heavy (non-hydrogen) atoms. The second-order valence-electron chi connectivity index (χ2n) is 9.46. The number of rotatable bonds is 15. The first-order valence-electron chi connectivity index (χ1n) is 13.9. The lowest BCUT2D eigenvalue weighted by atomic mass is 10.0. The average molecular weight is 662 g/mol. The second-order valence-corrected chi connectivity index (χ2v) is 10.3. The number of hydrogen-bond donors (Lipinski definition) is 2. The molecule has 12 heteroatoms. The maximum Gasteiger partial charge on any atom is 0.258 e. The van der Waals surface area contributed by atoms with E-state index in [1.54, 1.807) is 92.8 Å². The number of hydrogen-bond acceptors (Lipinski definition) is 8. The van der Waals surface area contributed by atoms with Crippen LogP contribution in [-0.2, 0) is 19.2 Å². The van der Waals surface area contributed by atoms with Gasteiger partial charge >= 0.3 is 0 Å². The summed E-state index contributed by atoms with van der Waals surface area (Å²) in [5.74, 6) is -2.30. The van der Waals surface area contributed by atoms with Crippen LogP contribution in [0.25, 0.3) is 11.1 Å². The summed E-state index contributed by atoms with van der Waals surface area (Å²) < 4.78 is 0. The number of Topliss-reactive ketones (excluding diaryl/α,β-unsaturated/α-hetero) is 2. The van der Waals surface area contributed by atoms with Gasteiger partial charge in [-0.05, 0) is 81.3 Å². The van der Waals surface area contributed by atoms with Crippen molar-refractivity contribution in [2.75, 3.05) is 0 Å². The smallest absolute Gasteiger partial charge is 0.258 e. The summed E-state index contributed by atoms with van der Waals surface area (Å²) in [4.78, 5) is 49.7. The molecule has 0 aliphatic heterocycles. The number of carbonyl (C=O) groups is 4. The molecule has 0 aromatic heterocycles. The third-order valence-electron chi connectivity index (χ3n) is 5.96. The molecule has 0 saturated heterocycles. The van der Waals surface area contributed by atoms with Crippen LogP contribution < -0.4 is 10.6 Å². The molecule has 0 radical (unpaired) electrons. The Bertz CT molecular complexity index is 1690. The molecule has 2 unspecified atom stereocenters. The van der Waals surface area contributed by atoms with Crippen LogP contribution in [0.2, 0.25) is 10.0 Å². The largest absolute Gasteiger partial charge is 0.324 e. The van der Waals surface area contributed by atoms with E-state index in [0.717, 1.165) is 0 Å². The highest BCUT2D eigenvalue weighted by Crippen LogP contribution is 2.35. The Balaban J connectivity index is 2.25. The molecule has 10 nitrogen and oxygen atoms in total. The number of halogens is 2. The lowest BCUT2D eigenvalue weighted by Gasteiger charge is -2.11. The van der Waals surface area contributed by atoms with E-state index < -0.39 is 35.5 Å². The zero-order valence-corrected chi connectivity index (χ0v) is 27.3. The number of nitrogens with zero attached hydrogens (tertiary/aromatic N) is 4. The summed E-state index contributed by atoms with van der Waals surface area (Å²) in [5.41, 5.74) is 2.75. The number of allylic oxidation sites excluding steroid dienone is 8. The standard InChI is InChI=1S/C34H34Cl2N6O4/c1-7-11-14-25(10-4)37-33(45)31(21(5)43)41-39-29-17-15-23(19-27(29)35)24-16-18-30(28(36)20-24)40-42-32(22(6)44)34(46)38-26(12-8-2)13-9-3/h7-20,31-32H,1-2H2,3-6H3,(H,37,45)(H,38,46)/b13-9-,14-11-,25-10+,26-12+,41-39?,42-40?. The summed E-state index contributed by atoms with van der Waals surface area (Å²) in [7, 11) is 0. The Morgan fingerprint density at radius 1 is 0.739 bits per heavy atom. The zero-order chi connectivity index (χ0) is 34.2. The van der Waals surface area contributed by atoms with Crippen molar-refractivity contribution in [2.24, 2.45) is 20.5 Å². The van der Waals surface area contributed by atoms with Crippen molar-refractivity contribution in [1.82, 2.24) is 10.6 Å². The Morgan fingerprint density at radius 2 is 1.22 bits per heavy atom. The minimum absolute atomic E-state index is 0.212. The van der Waals surface area contributed by atoms with Crippen LogP contribution in [-0.4, -0.2) is 35.5 Å². The fraction of sp³-hybridized carbons (Fsp3) is 0.176. The van der Waals surface area contributed by atoms with Crippen LogP contribution in [0.5, 0.6) is 0 Å². The number of nitrogens with one attached hydrogen (secondary N) is 2. The van der Waals surface area contributed by atoms with Crippen LogP contribution in [0.4, 0.5) is 11.4 Å². The van der Waals surface area contributed by atoms with Gasteiger partial charge in [0.15, 0.2) is 11.6 Å². The van der Waals surface area contributed by atoms with E-state index in [-0.39, 0.29) is 21.4 Å². The van der Waals surface area contributed by atoms with Crippen molar-refractivity contribution >= 4 is 58.0 Å². The Labute approximate surface area is 278 Å². The van der Waals surface area contributed by atoms with Crippen molar-refractivity contribution < 1.29 is 19.2 Å². The van der Waals surface area contributed by atoms with Crippen LogP contribution in [0.3, 0.4) is 0 Å². The topological polar surface area (TPSA) is 142 Å². The van der Waals surface area contributed by atoms with E-state index in [1.807, 2.05) is 0 Å². The molecule has 0 fully saturated rings. The van der Waals surface area contributed by atoms with E-state index >= 15 is 0 Å². The summed E-state index contributed by atoms with van der Waals surface area (Å²) >= 11 is 12.9. The van der Waals surface area contributed by atoms with Gasteiger partial charge < -0.3 is 10.6 Å². The average Bonchev–Trinajstić information content (AvgIpc) is 3.00. The third-order valence-corrected chi connectivity index (χ3v) is 6.56. The minimum atomic E-state index is -1.39. The van der Waals surface area contributed by atoms with Crippen LogP contribution >= 0.6 is 23.2 Å². The molecule has 2 aromatic carbocycles. The number of benzene rings is 2. The highest BCUT2D eigenvalue weighted by atomic mass is 35.5. The first-order valence-corrected chi connectivity index (χ1v) is 14.7. The molecule has 0 heterocycles. The zero-order valence-electron chi connectivity index (χ0n) is 25.8. The van der Waals surface area contributed by atoms with Gasteiger partial charge in [0.25, 0.3) is 11.8 Å². The molecule has 0 saturated carbocycles. The van der Waals surface area contributed by atoms with E-state index in [0.29, 0.717) is 22.5 Å². The molecule has 2 rings (SSSR count). The summed E-state index contributed by atoms with van der Waals surface area (Å²) in [6, 6.07) is 7.07. The lowest BCUT2D eigenvalue weighted by Crippen LogP contribution is -2.36. The predicted molar refractivity (Wildman–Crippen MR) is 182 cm³/mol. The molecule has 238 valence electrons. The molecule has 0 aliphatic carbocycles. The number of carbonyl (C=O) groups excluding carboxylic acids is 4. The van der Waals surface area contributed by atoms with Crippen LogP contribution in [0.1, 0.15) is 27.7 Å². The van der Waals surface area contributed by atoms with Gasteiger partial charge in [0.2, 0.25) is 12.1 Å². The van der Waals surface area contributed by atoms with Gasteiger partial charge in [0, 0.05) is 11.4 Å². The maximum absolute atomic E-state index is 12.7. The van der Waals surface area contributed by atoms with Gasteiger partial charge in [-0.25, -0.2) is 0 Å². The van der Waals surface area contributed by atoms with Gasteiger partial charge in [-0.15, -0.1) is 0 Å². The summed E-state index contributed by atoms with van der Waals surface area (Å²) in [6.45, 7) is 13.2. The van der Waals surface area contributed by atoms with Crippen LogP contribution in [0, 0.1) is 0 Å². The number of ketones is 2. The van der Waals surface area contributed by atoms with Crippen molar-refractivity contribution in [3.63, 3.8) is 0 Å². The number of azo groups is 2.